The molecule has 1 aliphatic carbocycles. The van der Waals surface area contributed by atoms with E-state index in [9.17, 15) is 0 Å². The van der Waals surface area contributed by atoms with Gasteiger partial charge in [0, 0.05) is 6.54 Å². The average molecular weight is 275 g/mol. The van der Waals surface area contributed by atoms with Crippen LogP contribution in [0, 0.1) is 17.8 Å². The molecule has 2 fully saturated rings. The molecule has 0 aromatic rings. The van der Waals surface area contributed by atoms with Gasteiger partial charge in [-0.15, -0.1) is 12.4 Å². The summed E-state index contributed by atoms with van der Waals surface area (Å²) in [7, 11) is 2.08. The number of halogens is 1. The maximum atomic E-state index is 3.32. The van der Waals surface area contributed by atoms with E-state index in [0.29, 0.717) is 0 Å². The number of rotatable bonds is 4. The number of nitrogens with one attached hydrogen (secondary N) is 1. The van der Waals surface area contributed by atoms with E-state index < -0.39 is 0 Å². The van der Waals surface area contributed by atoms with Crippen molar-refractivity contribution < 1.29 is 0 Å². The molecule has 2 rings (SSSR count). The highest BCUT2D eigenvalue weighted by atomic mass is 35.5. The highest BCUT2D eigenvalue weighted by molar-refractivity contribution is 5.85. The Bertz CT molecular complexity index is 215. The van der Waals surface area contributed by atoms with Crippen molar-refractivity contribution in [2.24, 2.45) is 17.8 Å². The standard InChI is InChI=1S/C15H30N2.ClH/c1-13-4-3-5-15(10-13)12-17-8-6-14(7-9-17)11-16-2;/h13-16H,3-12H2,1-2H3;1H. The van der Waals surface area contributed by atoms with Gasteiger partial charge in [0.2, 0.25) is 0 Å². The van der Waals surface area contributed by atoms with Crippen LogP contribution < -0.4 is 5.32 Å². The van der Waals surface area contributed by atoms with Crippen LogP contribution in [0.1, 0.15) is 45.4 Å². The first-order valence-electron chi connectivity index (χ1n) is 7.65. The summed E-state index contributed by atoms with van der Waals surface area (Å²) in [6.07, 6.45) is 8.73. The molecule has 2 nitrogen and oxygen atoms in total. The average Bonchev–Trinajstić information content (AvgIpc) is 2.32. The maximum absolute atomic E-state index is 3.32. The minimum Gasteiger partial charge on any atom is -0.319 e. The van der Waals surface area contributed by atoms with Crippen LogP contribution in [-0.4, -0.2) is 38.1 Å². The second kappa shape index (κ2) is 8.39. The molecular weight excluding hydrogens is 244 g/mol. The van der Waals surface area contributed by atoms with Crippen molar-refractivity contribution in [3.8, 4) is 0 Å². The van der Waals surface area contributed by atoms with Crippen molar-refractivity contribution in [1.29, 1.82) is 0 Å². The molecule has 108 valence electrons. The van der Waals surface area contributed by atoms with Crippen molar-refractivity contribution >= 4 is 12.4 Å². The molecule has 18 heavy (non-hydrogen) atoms. The van der Waals surface area contributed by atoms with Crippen LogP contribution in [0.4, 0.5) is 0 Å². The van der Waals surface area contributed by atoms with Crippen LogP contribution in [0.2, 0.25) is 0 Å². The van der Waals surface area contributed by atoms with E-state index in [1.165, 1.54) is 64.7 Å². The van der Waals surface area contributed by atoms with Gasteiger partial charge in [-0.05, 0) is 70.1 Å². The van der Waals surface area contributed by atoms with Crippen molar-refractivity contribution in [3.63, 3.8) is 0 Å². The molecule has 1 heterocycles. The topological polar surface area (TPSA) is 15.3 Å². The smallest absolute Gasteiger partial charge is 0.000976 e. The summed E-state index contributed by atoms with van der Waals surface area (Å²) in [5.41, 5.74) is 0. The van der Waals surface area contributed by atoms with Crippen LogP contribution >= 0.6 is 12.4 Å². The number of piperidine rings is 1. The maximum Gasteiger partial charge on any atom is 0.000976 e. The van der Waals surface area contributed by atoms with Crippen LogP contribution in [-0.2, 0) is 0 Å². The summed E-state index contributed by atoms with van der Waals surface area (Å²) in [5.74, 6) is 2.91. The highest BCUT2D eigenvalue weighted by Crippen LogP contribution is 2.30. The molecule has 0 bridgehead atoms. The predicted molar refractivity (Wildman–Crippen MR) is 81.5 cm³/mol. The minimum absolute atomic E-state index is 0. The fourth-order valence-corrected chi connectivity index (χ4v) is 3.75. The first-order chi connectivity index (χ1) is 8.28. The van der Waals surface area contributed by atoms with E-state index in [4.69, 9.17) is 0 Å². The lowest BCUT2D eigenvalue weighted by Gasteiger charge is -2.36. The van der Waals surface area contributed by atoms with E-state index in [1.807, 2.05) is 0 Å². The van der Waals surface area contributed by atoms with Crippen molar-refractivity contribution in [1.82, 2.24) is 10.2 Å². The fourth-order valence-electron chi connectivity index (χ4n) is 3.75. The zero-order valence-corrected chi connectivity index (χ0v) is 13.0. The van der Waals surface area contributed by atoms with Crippen LogP contribution in [0.3, 0.4) is 0 Å². The van der Waals surface area contributed by atoms with Gasteiger partial charge in [-0.1, -0.05) is 19.8 Å². The largest absolute Gasteiger partial charge is 0.319 e. The molecule has 1 saturated carbocycles. The third kappa shape index (κ3) is 5.07. The Morgan fingerprint density at radius 3 is 2.39 bits per heavy atom. The Kier molecular flexibility index (Phi) is 7.59. The monoisotopic (exact) mass is 274 g/mol. The van der Waals surface area contributed by atoms with Gasteiger partial charge in [0.25, 0.3) is 0 Å². The predicted octanol–water partition coefficient (Wildman–Crippen LogP) is 3.17. The number of nitrogens with zero attached hydrogens (tertiary/aromatic N) is 1. The molecule has 2 unspecified atom stereocenters. The quantitative estimate of drug-likeness (QED) is 0.847. The lowest BCUT2D eigenvalue weighted by Crippen LogP contribution is -2.40. The lowest BCUT2D eigenvalue weighted by atomic mass is 9.82. The number of hydrogen-bond donors (Lipinski definition) is 1. The van der Waals surface area contributed by atoms with Crippen molar-refractivity contribution in [3.05, 3.63) is 0 Å². The molecule has 3 heteroatoms. The van der Waals surface area contributed by atoms with E-state index in [-0.39, 0.29) is 12.4 Å². The van der Waals surface area contributed by atoms with Gasteiger partial charge < -0.3 is 10.2 Å². The Labute approximate surface area is 119 Å². The lowest BCUT2D eigenvalue weighted by molar-refractivity contribution is 0.135. The highest BCUT2D eigenvalue weighted by Gasteiger charge is 2.24. The Morgan fingerprint density at radius 2 is 1.78 bits per heavy atom. The summed E-state index contributed by atoms with van der Waals surface area (Å²) in [6.45, 7) is 7.73. The molecule has 2 atom stereocenters. The molecule has 1 aliphatic heterocycles. The summed E-state index contributed by atoms with van der Waals surface area (Å²) in [6, 6.07) is 0. The molecule has 0 aromatic heterocycles. The summed E-state index contributed by atoms with van der Waals surface area (Å²) in [5, 5.41) is 3.32. The normalized spacial score (nSPS) is 31.0. The molecule has 0 radical (unpaired) electrons. The summed E-state index contributed by atoms with van der Waals surface area (Å²) in [4.78, 5) is 2.73. The second-order valence-corrected chi connectivity index (χ2v) is 6.44. The Balaban J connectivity index is 0.00000162. The number of likely N-dealkylation sites (tertiary alicyclic amines) is 1. The minimum atomic E-state index is 0. The molecule has 2 aliphatic rings. The van der Waals surface area contributed by atoms with Gasteiger partial charge in [-0.2, -0.15) is 0 Å². The molecule has 0 aromatic carbocycles. The van der Waals surface area contributed by atoms with Gasteiger partial charge in [0.05, 0.1) is 0 Å². The van der Waals surface area contributed by atoms with Gasteiger partial charge >= 0.3 is 0 Å². The van der Waals surface area contributed by atoms with Crippen molar-refractivity contribution in [2.75, 3.05) is 33.2 Å². The van der Waals surface area contributed by atoms with Crippen LogP contribution in [0.15, 0.2) is 0 Å². The van der Waals surface area contributed by atoms with Crippen molar-refractivity contribution in [2.45, 2.75) is 45.4 Å². The Hall–Kier alpha value is 0.210. The zero-order chi connectivity index (χ0) is 12.1. The summed E-state index contributed by atoms with van der Waals surface area (Å²) < 4.78 is 0. The van der Waals surface area contributed by atoms with E-state index >= 15 is 0 Å². The van der Waals surface area contributed by atoms with E-state index in [1.54, 1.807) is 0 Å². The van der Waals surface area contributed by atoms with Gasteiger partial charge in [0.1, 0.15) is 0 Å². The van der Waals surface area contributed by atoms with Gasteiger partial charge in [-0.25, -0.2) is 0 Å². The van der Waals surface area contributed by atoms with E-state index in [2.05, 4.69) is 24.2 Å². The molecule has 1 saturated heterocycles. The van der Waals surface area contributed by atoms with Gasteiger partial charge in [-0.3, -0.25) is 0 Å². The third-order valence-electron chi connectivity index (χ3n) is 4.76. The van der Waals surface area contributed by atoms with Gasteiger partial charge in [0.15, 0.2) is 0 Å². The summed E-state index contributed by atoms with van der Waals surface area (Å²) >= 11 is 0. The molecule has 0 amide bonds. The zero-order valence-electron chi connectivity index (χ0n) is 12.2. The molecule has 0 spiro atoms. The third-order valence-corrected chi connectivity index (χ3v) is 4.76. The second-order valence-electron chi connectivity index (χ2n) is 6.44. The van der Waals surface area contributed by atoms with Crippen LogP contribution in [0.25, 0.3) is 0 Å². The van der Waals surface area contributed by atoms with Crippen LogP contribution in [0.5, 0.6) is 0 Å². The molecule has 1 N–H and O–H groups in total. The fraction of sp³-hybridized carbons (Fsp3) is 1.00. The SMILES string of the molecule is CNCC1CCN(CC2CCCC(C)C2)CC1.Cl. The molecular formula is C15H31ClN2. The first kappa shape index (κ1) is 16.3. The van der Waals surface area contributed by atoms with E-state index in [0.717, 1.165) is 17.8 Å². The Morgan fingerprint density at radius 1 is 1.06 bits per heavy atom. The first-order valence-corrected chi connectivity index (χ1v) is 7.65. The number of hydrogen-bond acceptors (Lipinski definition) is 2.